The molecule has 1 fully saturated rings. The van der Waals surface area contributed by atoms with Gasteiger partial charge in [0.1, 0.15) is 5.82 Å². The summed E-state index contributed by atoms with van der Waals surface area (Å²) in [5, 5.41) is 10.3. The standard InChI is InChI=1S/C15H19BrClFO/c16-12-8-7-11(15(18)14(12)17)13(19)9-10-5-3-1-2-4-6-10/h7-8,10,13,19H,1-6,9H2. The summed E-state index contributed by atoms with van der Waals surface area (Å²) in [6.45, 7) is 0. The Morgan fingerprint density at radius 1 is 1.26 bits per heavy atom. The highest BCUT2D eigenvalue weighted by Gasteiger charge is 2.21. The van der Waals surface area contributed by atoms with Crippen LogP contribution in [0.2, 0.25) is 5.02 Å². The van der Waals surface area contributed by atoms with Crippen LogP contribution in [0.4, 0.5) is 4.39 Å². The molecule has 0 spiro atoms. The molecule has 1 unspecified atom stereocenters. The van der Waals surface area contributed by atoms with Gasteiger partial charge in [-0.15, -0.1) is 0 Å². The van der Waals surface area contributed by atoms with Gasteiger partial charge in [0.15, 0.2) is 0 Å². The summed E-state index contributed by atoms with van der Waals surface area (Å²) in [6, 6.07) is 3.31. The van der Waals surface area contributed by atoms with E-state index >= 15 is 0 Å². The molecule has 0 saturated heterocycles. The highest BCUT2D eigenvalue weighted by Crippen LogP contribution is 2.35. The minimum atomic E-state index is -0.756. The highest BCUT2D eigenvalue weighted by atomic mass is 79.9. The van der Waals surface area contributed by atoms with E-state index in [0.717, 1.165) is 12.8 Å². The molecule has 1 aromatic carbocycles. The molecule has 1 saturated carbocycles. The Kier molecular flexibility index (Phi) is 5.67. The maximum Gasteiger partial charge on any atom is 0.148 e. The molecule has 0 radical (unpaired) electrons. The first-order valence-corrected chi connectivity index (χ1v) is 8.08. The van der Waals surface area contributed by atoms with E-state index < -0.39 is 11.9 Å². The number of aliphatic hydroxyl groups is 1. The van der Waals surface area contributed by atoms with E-state index in [4.69, 9.17) is 11.6 Å². The van der Waals surface area contributed by atoms with Gasteiger partial charge in [-0.25, -0.2) is 4.39 Å². The molecule has 1 aliphatic carbocycles. The molecule has 0 amide bonds. The van der Waals surface area contributed by atoms with Gasteiger partial charge in [0.2, 0.25) is 0 Å². The minimum absolute atomic E-state index is 0.0532. The molecule has 106 valence electrons. The molecule has 19 heavy (non-hydrogen) atoms. The van der Waals surface area contributed by atoms with Gasteiger partial charge in [0.05, 0.1) is 11.1 Å². The van der Waals surface area contributed by atoms with E-state index in [1.807, 2.05) is 0 Å². The van der Waals surface area contributed by atoms with E-state index in [1.165, 1.54) is 25.7 Å². The quantitative estimate of drug-likeness (QED) is 0.553. The van der Waals surface area contributed by atoms with E-state index in [-0.39, 0.29) is 5.02 Å². The van der Waals surface area contributed by atoms with Gasteiger partial charge < -0.3 is 5.11 Å². The van der Waals surface area contributed by atoms with Crippen LogP contribution >= 0.6 is 27.5 Å². The van der Waals surface area contributed by atoms with Gasteiger partial charge in [-0.1, -0.05) is 56.2 Å². The molecule has 1 atom stereocenters. The zero-order chi connectivity index (χ0) is 13.8. The van der Waals surface area contributed by atoms with E-state index in [1.54, 1.807) is 12.1 Å². The summed E-state index contributed by atoms with van der Waals surface area (Å²) in [5.74, 6) is -0.00325. The van der Waals surface area contributed by atoms with Gasteiger partial charge in [-0.05, 0) is 34.3 Å². The molecule has 1 N–H and O–H groups in total. The average Bonchev–Trinajstić information content (AvgIpc) is 2.64. The third kappa shape index (κ3) is 3.93. The summed E-state index contributed by atoms with van der Waals surface area (Å²) >= 11 is 9.05. The second-order valence-corrected chi connectivity index (χ2v) is 6.61. The molecule has 0 aliphatic heterocycles. The first-order chi connectivity index (χ1) is 9.09. The number of hydrogen-bond acceptors (Lipinski definition) is 1. The van der Waals surface area contributed by atoms with Crippen molar-refractivity contribution < 1.29 is 9.50 Å². The molecule has 0 aromatic heterocycles. The van der Waals surface area contributed by atoms with Gasteiger partial charge in [0.25, 0.3) is 0 Å². The molecule has 0 bridgehead atoms. The molecule has 4 heteroatoms. The molecule has 2 rings (SSSR count). The number of hydrogen-bond donors (Lipinski definition) is 1. The fourth-order valence-corrected chi connectivity index (χ4v) is 3.32. The Labute approximate surface area is 127 Å². The topological polar surface area (TPSA) is 20.2 Å². The van der Waals surface area contributed by atoms with Crippen molar-refractivity contribution in [3.63, 3.8) is 0 Å². The number of aliphatic hydroxyl groups excluding tert-OH is 1. The molecule has 1 aliphatic rings. The summed E-state index contributed by atoms with van der Waals surface area (Å²) in [4.78, 5) is 0. The zero-order valence-corrected chi connectivity index (χ0v) is 13.2. The normalized spacial score (nSPS) is 19.2. The Morgan fingerprint density at radius 3 is 2.53 bits per heavy atom. The monoisotopic (exact) mass is 348 g/mol. The van der Waals surface area contributed by atoms with Crippen LogP contribution in [0.15, 0.2) is 16.6 Å². The van der Waals surface area contributed by atoms with Crippen LogP contribution in [-0.2, 0) is 0 Å². The van der Waals surface area contributed by atoms with Crippen molar-refractivity contribution in [2.75, 3.05) is 0 Å². The van der Waals surface area contributed by atoms with Gasteiger partial charge in [-0.2, -0.15) is 0 Å². The SMILES string of the molecule is OC(CC1CCCCCC1)c1ccc(Br)c(Cl)c1F. The number of halogens is 3. The van der Waals surface area contributed by atoms with Crippen LogP contribution < -0.4 is 0 Å². The van der Waals surface area contributed by atoms with Crippen LogP contribution in [0.1, 0.15) is 56.6 Å². The lowest BCUT2D eigenvalue weighted by Gasteiger charge is -2.19. The lowest BCUT2D eigenvalue weighted by molar-refractivity contribution is 0.135. The predicted octanol–water partition coefficient (Wildman–Crippen LogP) is 5.64. The van der Waals surface area contributed by atoms with Gasteiger partial charge >= 0.3 is 0 Å². The lowest BCUT2D eigenvalue weighted by Crippen LogP contribution is -2.09. The van der Waals surface area contributed by atoms with Crippen molar-refractivity contribution in [2.24, 2.45) is 5.92 Å². The van der Waals surface area contributed by atoms with Crippen molar-refractivity contribution >= 4 is 27.5 Å². The van der Waals surface area contributed by atoms with Crippen molar-refractivity contribution in [3.8, 4) is 0 Å². The molecule has 0 heterocycles. The second-order valence-electron chi connectivity index (χ2n) is 5.37. The van der Waals surface area contributed by atoms with Crippen LogP contribution in [0.5, 0.6) is 0 Å². The van der Waals surface area contributed by atoms with E-state index in [9.17, 15) is 9.50 Å². The third-order valence-corrected chi connectivity index (χ3v) is 5.21. The third-order valence-electron chi connectivity index (χ3n) is 3.96. The number of benzene rings is 1. The zero-order valence-electron chi connectivity index (χ0n) is 10.8. The Bertz CT molecular complexity index is 430. The Hall–Kier alpha value is -0.120. The minimum Gasteiger partial charge on any atom is -0.388 e. The lowest BCUT2D eigenvalue weighted by atomic mass is 9.91. The van der Waals surface area contributed by atoms with Crippen LogP contribution in [-0.4, -0.2) is 5.11 Å². The van der Waals surface area contributed by atoms with Gasteiger partial charge in [0, 0.05) is 10.0 Å². The number of rotatable bonds is 3. The molecule has 1 nitrogen and oxygen atoms in total. The van der Waals surface area contributed by atoms with E-state index in [2.05, 4.69) is 15.9 Å². The van der Waals surface area contributed by atoms with Crippen LogP contribution in [0.25, 0.3) is 0 Å². The van der Waals surface area contributed by atoms with E-state index in [0.29, 0.717) is 22.4 Å². The van der Waals surface area contributed by atoms with Crippen molar-refractivity contribution in [2.45, 2.75) is 51.0 Å². The molecule has 1 aromatic rings. The maximum absolute atomic E-state index is 14.0. The van der Waals surface area contributed by atoms with Crippen molar-refractivity contribution in [1.29, 1.82) is 0 Å². The Balaban J connectivity index is 2.06. The smallest absolute Gasteiger partial charge is 0.148 e. The summed E-state index contributed by atoms with van der Waals surface area (Å²) in [5.41, 5.74) is 0.317. The second kappa shape index (κ2) is 7.05. The average molecular weight is 350 g/mol. The maximum atomic E-state index is 14.0. The molecular weight excluding hydrogens is 331 g/mol. The summed E-state index contributed by atoms with van der Waals surface area (Å²) < 4.78 is 14.6. The first kappa shape index (κ1) is 15.3. The first-order valence-electron chi connectivity index (χ1n) is 6.91. The molecular formula is C15H19BrClFO. The van der Waals surface area contributed by atoms with Crippen LogP contribution in [0.3, 0.4) is 0 Å². The van der Waals surface area contributed by atoms with Crippen molar-refractivity contribution in [3.05, 3.63) is 33.0 Å². The fraction of sp³-hybridized carbons (Fsp3) is 0.600. The van der Waals surface area contributed by atoms with Crippen LogP contribution in [0, 0.1) is 11.7 Å². The van der Waals surface area contributed by atoms with Crippen molar-refractivity contribution in [1.82, 2.24) is 0 Å². The van der Waals surface area contributed by atoms with Gasteiger partial charge in [-0.3, -0.25) is 0 Å². The fourth-order valence-electron chi connectivity index (χ4n) is 2.84. The predicted molar refractivity (Wildman–Crippen MR) is 79.9 cm³/mol. The summed E-state index contributed by atoms with van der Waals surface area (Å²) in [6.07, 6.45) is 7.17. The summed E-state index contributed by atoms with van der Waals surface area (Å²) in [7, 11) is 0. The highest BCUT2D eigenvalue weighted by molar-refractivity contribution is 9.10. The Morgan fingerprint density at radius 2 is 1.89 bits per heavy atom. The largest absolute Gasteiger partial charge is 0.388 e.